The number of rotatable bonds is 4. The molecule has 0 atom stereocenters. The molecular weight excluding hydrogens is 405 g/mol. The van der Waals surface area contributed by atoms with Gasteiger partial charge in [0.2, 0.25) is 0 Å². The molecule has 0 saturated carbocycles. The maximum absolute atomic E-state index is 12.2. The molecule has 0 aliphatic carbocycles. The molecule has 0 bridgehead atoms. The molecule has 8 nitrogen and oxygen atoms in total. The van der Waals surface area contributed by atoms with Gasteiger partial charge in [-0.3, -0.25) is 20.2 Å². The van der Waals surface area contributed by atoms with E-state index in [0.29, 0.717) is 0 Å². The second-order valence-electron chi connectivity index (χ2n) is 4.83. The molecule has 2 aromatic carbocycles. The van der Waals surface area contributed by atoms with Crippen molar-refractivity contribution in [2.24, 2.45) is 0 Å². The highest BCUT2D eigenvalue weighted by atomic mass is 35.5. The van der Waals surface area contributed by atoms with Gasteiger partial charge in [-0.05, 0) is 36.5 Å². The lowest BCUT2D eigenvalue weighted by atomic mass is 10.2. The SMILES string of the molecule is O=C(O)c1ccc(Cl)c(NC(=S)NC(=O)c2cc([N+](=O)[O-])ccc2Cl)c1. The number of nitro benzene ring substituents is 1. The summed E-state index contributed by atoms with van der Waals surface area (Å²) in [4.78, 5) is 33.4. The molecule has 0 aliphatic rings. The van der Waals surface area contributed by atoms with Gasteiger partial charge in [-0.1, -0.05) is 23.2 Å². The van der Waals surface area contributed by atoms with Crippen LogP contribution in [0.4, 0.5) is 11.4 Å². The van der Waals surface area contributed by atoms with Gasteiger partial charge in [-0.2, -0.15) is 0 Å². The number of anilines is 1. The van der Waals surface area contributed by atoms with Crippen LogP contribution >= 0.6 is 35.4 Å². The molecule has 0 saturated heterocycles. The van der Waals surface area contributed by atoms with E-state index in [1.54, 1.807) is 0 Å². The summed E-state index contributed by atoms with van der Waals surface area (Å²) in [5, 5.41) is 24.7. The number of non-ortho nitro benzene ring substituents is 1. The Morgan fingerprint density at radius 2 is 1.77 bits per heavy atom. The highest BCUT2D eigenvalue weighted by Crippen LogP contribution is 2.24. The molecule has 0 aliphatic heterocycles. The summed E-state index contributed by atoms with van der Waals surface area (Å²) in [6.07, 6.45) is 0. The van der Waals surface area contributed by atoms with E-state index in [4.69, 9.17) is 40.5 Å². The van der Waals surface area contributed by atoms with Gasteiger partial charge in [0.1, 0.15) is 0 Å². The van der Waals surface area contributed by atoms with Crippen LogP contribution in [0, 0.1) is 10.1 Å². The lowest BCUT2D eigenvalue weighted by Gasteiger charge is -2.12. The number of amides is 1. The summed E-state index contributed by atoms with van der Waals surface area (Å²) in [6, 6.07) is 7.29. The fourth-order valence-corrected chi connectivity index (χ4v) is 2.45. The molecule has 0 fully saturated rings. The zero-order valence-corrected chi connectivity index (χ0v) is 15.0. The van der Waals surface area contributed by atoms with Crippen LogP contribution in [0.5, 0.6) is 0 Å². The summed E-state index contributed by atoms with van der Waals surface area (Å²) < 4.78 is 0. The van der Waals surface area contributed by atoms with Gasteiger partial charge in [-0.25, -0.2) is 4.79 Å². The molecule has 2 aromatic rings. The predicted molar refractivity (Wildman–Crippen MR) is 100 cm³/mol. The first kappa shape index (κ1) is 19.6. The molecule has 0 unspecified atom stereocenters. The first-order chi connectivity index (χ1) is 12.2. The number of nitrogens with zero attached hydrogens (tertiary/aromatic N) is 1. The molecule has 3 N–H and O–H groups in total. The molecule has 134 valence electrons. The lowest BCUT2D eigenvalue weighted by Crippen LogP contribution is -2.34. The quantitative estimate of drug-likeness (QED) is 0.396. The van der Waals surface area contributed by atoms with Crippen molar-refractivity contribution in [2.75, 3.05) is 5.32 Å². The van der Waals surface area contributed by atoms with Gasteiger partial charge < -0.3 is 10.4 Å². The number of carboxylic acids is 1. The Bertz CT molecular complexity index is 935. The Labute approximate surface area is 161 Å². The van der Waals surface area contributed by atoms with Crippen molar-refractivity contribution in [3.05, 3.63) is 67.7 Å². The van der Waals surface area contributed by atoms with E-state index in [1.807, 2.05) is 0 Å². The molecule has 0 heterocycles. The number of nitrogens with one attached hydrogen (secondary N) is 2. The summed E-state index contributed by atoms with van der Waals surface area (Å²) in [7, 11) is 0. The van der Waals surface area contributed by atoms with Crippen LogP contribution in [0.1, 0.15) is 20.7 Å². The van der Waals surface area contributed by atoms with Gasteiger partial charge >= 0.3 is 5.97 Å². The maximum Gasteiger partial charge on any atom is 0.335 e. The second kappa shape index (κ2) is 8.09. The number of nitro groups is 1. The fourth-order valence-electron chi connectivity index (χ4n) is 1.88. The molecular formula is C15H9Cl2N3O5S. The van der Waals surface area contributed by atoms with Crippen LogP contribution in [0.15, 0.2) is 36.4 Å². The highest BCUT2D eigenvalue weighted by Gasteiger charge is 2.17. The minimum atomic E-state index is -1.16. The van der Waals surface area contributed by atoms with Crippen LogP contribution in [-0.2, 0) is 0 Å². The number of halogens is 2. The van der Waals surface area contributed by atoms with Crippen molar-refractivity contribution >= 4 is 63.8 Å². The number of benzene rings is 2. The minimum absolute atomic E-state index is 0.00167. The molecule has 26 heavy (non-hydrogen) atoms. The summed E-state index contributed by atoms with van der Waals surface area (Å²) in [5.41, 5.74) is -0.319. The summed E-state index contributed by atoms with van der Waals surface area (Å²) >= 11 is 16.8. The predicted octanol–water partition coefficient (Wildman–Crippen LogP) is 3.73. The largest absolute Gasteiger partial charge is 0.478 e. The molecule has 2 rings (SSSR count). The number of carboxylic acid groups (broad SMARTS) is 1. The van der Waals surface area contributed by atoms with Crippen LogP contribution < -0.4 is 10.6 Å². The van der Waals surface area contributed by atoms with Crippen LogP contribution in [0.25, 0.3) is 0 Å². The molecule has 11 heteroatoms. The Morgan fingerprint density at radius 3 is 2.38 bits per heavy atom. The number of carbonyl (C=O) groups is 2. The van der Waals surface area contributed by atoms with Gasteiger partial charge in [0.05, 0.1) is 31.8 Å². The second-order valence-corrected chi connectivity index (χ2v) is 6.05. The number of hydrogen-bond acceptors (Lipinski definition) is 5. The van der Waals surface area contributed by atoms with Gasteiger partial charge in [0, 0.05) is 12.1 Å². The lowest BCUT2D eigenvalue weighted by molar-refractivity contribution is -0.384. The highest BCUT2D eigenvalue weighted by molar-refractivity contribution is 7.80. The first-order valence-electron chi connectivity index (χ1n) is 6.78. The number of hydrogen-bond donors (Lipinski definition) is 3. The number of thiocarbonyl (C=S) groups is 1. The summed E-state index contributed by atoms with van der Waals surface area (Å²) in [6.45, 7) is 0. The molecule has 0 spiro atoms. The summed E-state index contributed by atoms with van der Waals surface area (Å²) in [5.74, 6) is -1.94. The first-order valence-corrected chi connectivity index (χ1v) is 7.94. The Morgan fingerprint density at radius 1 is 1.12 bits per heavy atom. The Hall–Kier alpha value is -2.75. The van der Waals surface area contributed by atoms with Crippen molar-refractivity contribution in [2.45, 2.75) is 0 Å². The molecule has 1 amide bonds. The van der Waals surface area contributed by atoms with E-state index in [9.17, 15) is 19.7 Å². The zero-order valence-electron chi connectivity index (χ0n) is 12.7. The van der Waals surface area contributed by atoms with Gasteiger partial charge in [0.15, 0.2) is 5.11 Å². The van der Waals surface area contributed by atoms with Crippen LogP contribution in [-0.4, -0.2) is 27.0 Å². The van der Waals surface area contributed by atoms with Crippen molar-refractivity contribution in [1.29, 1.82) is 0 Å². The van der Waals surface area contributed by atoms with Crippen molar-refractivity contribution in [3.8, 4) is 0 Å². The normalized spacial score (nSPS) is 10.1. The Kier molecular flexibility index (Phi) is 6.09. The Balaban J connectivity index is 2.17. The third-order valence-corrected chi connectivity index (χ3v) is 3.96. The third kappa shape index (κ3) is 4.66. The van der Waals surface area contributed by atoms with Crippen molar-refractivity contribution < 1.29 is 19.6 Å². The monoisotopic (exact) mass is 413 g/mol. The smallest absolute Gasteiger partial charge is 0.335 e. The maximum atomic E-state index is 12.2. The topological polar surface area (TPSA) is 122 Å². The average molecular weight is 414 g/mol. The van der Waals surface area contributed by atoms with Gasteiger partial charge in [-0.15, -0.1) is 0 Å². The van der Waals surface area contributed by atoms with Crippen LogP contribution in [0.3, 0.4) is 0 Å². The van der Waals surface area contributed by atoms with Crippen LogP contribution in [0.2, 0.25) is 10.0 Å². The van der Waals surface area contributed by atoms with E-state index in [2.05, 4.69) is 10.6 Å². The third-order valence-electron chi connectivity index (χ3n) is 3.09. The van der Waals surface area contributed by atoms with E-state index in [1.165, 1.54) is 24.3 Å². The number of aromatic carboxylic acids is 1. The van der Waals surface area contributed by atoms with Gasteiger partial charge in [0.25, 0.3) is 11.6 Å². The number of carbonyl (C=O) groups excluding carboxylic acids is 1. The zero-order chi connectivity index (χ0) is 19.4. The van der Waals surface area contributed by atoms with E-state index >= 15 is 0 Å². The molecule has 0 aromatic heterocycles. The van der Waals surface area contributed by atoms with Crippen molar-refractivity contribution in [3.63, 3.8) is 0 Å². The van der Waals surface area contributed by atoms with E-state index in [0.717, 1.165) is 12.1 Å². The van der Waals surface area contributed by atoms with E-state index in [-0.39, 0.29) is 37.7 Å². The minimum Gasteiger partial charge on any atom is -0.478 e. The molecule has 0 radical (unpaired) electrons. The van der Waals surface area contributed by atoms with E-state index < -0.39 is 16.8 Å². The fraction of sp³-hybridized carbons (Fsp3) is 0. The van der Waals surface area contributed by atoms with Crippen molar-refractivity contribution in [1.82, 2.24) is 5.32 Å². The standard InChI is InChI=1S/C15H9Cl2N3O5S/c16-10-4-2-8(20(24)25)6-9(10)13(21)19-15(26)18-12-5-7(14(22)23)1-3-11(12)17/h1-6H,(H,22,23)(H2,18,19,21,26). The average Bonchev–Trinajstić information content (AvgIpc) is 2.56.